The molecule has 0 unspecified atom stereocenters. The Morgan fingerprint density at radius 2 is 1.74 bits per heavy atom. The Morgan fingerprint density at radius 3 is 2.45 bits per heavy atom. The van der Waals surface area contributed by atoms with Crippen LogP contribution in [0.4, 0.5) is 0 Å². The number of nitrogens with zero attached hydrogens (tertiary/aromatic N) is 2. The molecule has 0 spiro atoms. The van der Waals surface area contributed by atoms with Crippen molar-refractivity contribution in [3.05, 3.63) is 77.6 Å². The highest BCUT2D eigenvalue weighted by Gasteiger charge is 2.17. The standard InChI is InChI=1S/C25H28N4O2/c1-19-16-23(17-26-27-25(30)18-28-12-14-31-15-13-28)20(2)29(19)24-10-8-22(9-11-24)21-6-4-3-5-7-21/h3-11,16-17H,12-15,18H2,1-2H3,(H,27,30)/p+1. The lowest BCUT2D eigenvalue weighted by atomic mass is 10.1. The van der Waals surface area contributed by atoms with E-state index in [-0.39, 0.29) is 5.91 Å². The van der Waals surface area contributed by atoms with Crippen molar-refractivity contribution in [3.63, 3.8) is 0 Å². The van der Waals surface area contributed by atoms with E-state index in [1.807, 2.05) is 6.07 Å². The van der Waals surface area contributed by atoms with Crippen LogP contribution in [0.3, 0.4) is 0 Å². The van der Waals surface area contributed by atoms with Gasteiger partial charge in [-0.05, 0) is 43.2 Å². The second-order valence-corrected chi connectivity index (χ2v) is 7.91. The van der Waals surface area contributed by atoms with Gasteiger partial charge < -0.3 is 14.2 Å². The van der Waals surface area contributed by atoms with Crippen molar-refractivity contribution >= 4 is 12.1 Å². The number of hydrogen-bond acceptors (Lipinski definition) is 3. The highest BCUT2D eigenvalue weighted by atomic mass is 16.5. The Bertz CT molecular complexity index is 1050. The summed E-state index contributed by atoms with van der Waals surface area (Å²) in [5.74, 6) is -0.0709. The van der Waals surface area contributed by atoms with Gasteiger partial charge in [0, 0.05) is 22.6 Å². The minimum atomic E-state index is -0.0709. The molecular weight excluding hydrogens is 388 g/mol. The first-order valence-electron chi connectivity index (χ1n) is 10.7. The van der Waals surface area contributed by atoms with Crippen molar-refractivity contribution in [2.75, 3.05) is 32.8 Å². The molecule has 2 heterocycles. The molecule has 0 saturated carbocycles. The lowest BCUT2D eigenvalue weighted by Gasteiger charge is -2.22. The van der Waals surface area contributed by atoms with E-state index in [4.69, 9.17) is 4.74 Å². The third-order valence-electron chi connectivity index (χ3n) is 5.71. The fourth-order valence-electron chi connectivity index (χ4n) is 4.03. The number of nitrogens with one attached hydrogen (secondary N) is 2. The van der Waals surface area contributed by atoms with Gasteiger partial charge in [0.15, 0.2) is 6.54 Å². The zero-order valence-corrected chi connectivity index (χ0v) is 18.1. The summed E-state index contributed by atoms with van der Waals surface area (Å²) in [5, 5.41) is 4.19. The molecule has 6 heteroatoms. The Kier molecular flexibility index (Phi) is 6.60. The van der Waals surface area contributed by atoms with Gasteiger partial charge in [-0.1, -0.05) is 42.5 Å². The van der Waals surface area contributed by atoms with Gasteiger partial charge >= 0.3 is 0 Å². The smallest absolute Gasteiger partial charge is 0.295 e. The third-order valence-corrected chi connectivity index (χ3v) is 5.71. The van der Waals surface area contributed by atoms with Gasteiger partial charge in [0.2, 0.25) is 0 Å². The summed E-state index contributed by atoms with van der Waals surface area (Å²) in [6.07, 6.45) is 1.73. The van der Waals surface area contributed by atoms with Gasteiger partial charge in [-0.15, -0.1) is 0 Å². The molecule has 1 aromatic heterocycles. The summed E-state index contributed by atoms with van der Waals surface area (Å²) in [4.78, 5) is 13.4. The average Bonchev–Trinajstić information content (AvgIpc) is 3.08. The zero-order chi connectivity index (χ0) is 21.6. The van der Waals surface area contributed by atoms with Crippen molar-refractivity contribution in [2.45, 2.75) is 13.8 Å². The molecule has 1 fully saturated rings. The van der Waals surface area contributed by atoms with Crippen molar-refractivity contribution in [3.8, 4) is 16.8 Å². The topological polar surface area (TPSA) is 60.1 Å². The summed E-state index contributed by atoms with van der Waals surface area (Å²) in [6.45, 7) is 7.72. The van der Waals surface area contributed by atoms with Crippen LogP contribution in [0, 0.1) is 13.8 Å². The van der Waals surface area contributed by atoms with E-state index < -0.39 is 0 Å². The maximum atomic E-state index is 12.1. The van der Waals surface area contributed by atoms with Crippen molar-refractivity contribution in [2.24, 2.45) is 5.10 Å². The van der Waals surface area contributed by atoms with Gasteiger partial charge in [-0.2, -0.15) is 5.10 Å². The largest absolute Gasteiger partial charge is 0.370 e. The monoisotopic (exact) mass is 417 g/mol. The maximum absolute atomic E-state index is 12.1. The molecule has 1 aliphatic rings. The van der Waals surface area contributed by atoms with Crippen LogP contribution in [0.5, 0.6) is 0 Å². The fraction of sp³-hybridized carbons (Fsp3) is 0.280. The van der Waals surface area contributed by atoms with Crippen molar-refractivity contribution < 1.29 is 14.4 Å². The van der Waals surface area contributed by atoms with Gasteiger partial charge in [-0.25, -0.2) is 5.43 Å². The number of benzene rings is 2. The summed E-state index contributed by atoms with van der Waals surface area (Å²) in [5.41, 5.74) is 9.36. The molecule has 0 aliphatic carbocycles. The van der Waals surface area contributed by atoms with Crippen LogP contribution in [0.2, 0.25) is 0 Å². The molecule has 1 amide bonds. The number of morpholine rings is 1. The van der Waals surface area contributed by atoms with Crippen LogP contribution in [0.1, 0.15) is 17.0 Å². The van der Waals surface area contributed by atoms with E-state index in [0.29, 0.717) is 19.8 Å². The number of rotatable bonds is 6. The van der Waals surface area contributed by atoms with E-state index in [0.717, 1.165) is 35.7 Å². The Labute approximate surface area is 183 Å². The molecule has 1 aliphatic heterocycles. The highest BCUT2D eigenvalue weighted by molar-refractivity contribution is 5.84. The number of hydrogen-bond donors (Lipinski definition) is 2. The number of aromatic nitrogens is 1. The highest BCUT2D eigenvalue weighted by Crippen LogP contribution is 2.24. The molecule has 4 rings (SSSR count). The number of carbonyl (C=O) groups excluding carboxylic acids is 1. The van der Waals surface area contributed by atoms with E-state index in [1.54, 1.807) is 6.21 Å². The molecular formula is C25H29N4O2+. The lowest BCUT2D eigenvalue weighted by Crippen LogP contribution is -3.15. The van der Waals surface area contributed by atoms with E-state index in [1.165, 1.54) is 16.0 Å². The zero-order valence-electron chi connectivity index (χ0n) is 18.1. The van der Waals surface area contributed by atoms with Gasteiger partial charge in [0.25, 0.3) is 5.91 Å². The summed E-state index contributed by atoms with van der Waals surface area (Å²) >= 11 is 0. The summed E-state index contributed by atoms with van der Waals surface area (Å²) in [6, 6.07) is 21.0. The number of amides is 1. The predicted molar refractivity (Wildman–Crippen MR) is 123 cm³/mol. The molecule has 2 aromatic carbocycles. The number of hydrazone groups is 1. The van der Waals surface area contributed by atoms with Gasteiger partial charge in [0.05, 0.1) is 19.4 Å². The third kappa shape index (κ3) is 5.10. The molecule has 1 saturated heterocycles. The van der Waals surface area contributed by atoms with E-state index in [9.17, 15) is 4.79 Å². The summed E-state index contributed by atoms with van der Waals surface area (Å²) < 4.78 is 7.53. The summed E-state index contributed by atoms with van der Waals surface area (Å²) in [7, 11) is 0. The fourth-order valence-corrected chi connectivity index (χ4v) is 4.03. The first-order valence-corrected chi connectivity index (χ1v) is 10.7. The normalized spacial score (nSPS) is 14.8. The number of ether oxygens (including phenoxy) is 1. The minimum absolute atomic E-state index is 0.0709. The van der Waals surface area contributed by atoms with Gasteiger partial charge in [-0.3, -0.25) is 4.79 Å². The minimum Gasteiger partial charge on any atom is -0.370 e. The Morgan fingerprint density at radius 1 is 1.06 bits per heavy atom. The van der Waals surface area contributed by atoms with Crippen LogP contribution in [-0.2, 0) is 9.53 Å². The first kappa shape index (κ1) is 21.0. The second kappa shape index (κ2) is 9.73. The average molecular weight is 418 g/mol. The maximum Gasteiger partial charge on any atom is 0.295 e. The SMILES string of the molecule is Cc1cc(C=NNC(=O)C[NH+]2CCOCC2)c(C)n1-c1ccc(-c2ccccc2)cc1. The number of carbonyl (C=O) groups is 1. The van der Waals surface area contributed by atoms with Crippen LogP contribution < -0.4 is 10.3 Å². The van der Waals surface area contributed by atoms with Crippen LogP contribution >= 0.6 is 0 Å². The van der Waals surface area contributed by atoms with Crippen LogP contribution in [0.25, 0.3) is 16.8 Å². The molecule has 0 atom stereocenters. The molecule has 3 aromatic rings. The van der Waals surface area contributed by atoms with Crippen molar-refractivity contribution in [1.29, 1.82) is 0 Å². The van der Waals surface area contributed by atoms with Crippen LogP contribution in [-0.4, -0.2) is 49.5 Å². The van der Waals surface area contributed by atoms with E-state index >= 15 is 0 Å². The molecule has 0 radical (unpaired) electrons. The number of aryl methyl sites for hydroxylation is 1. The predicted octanol–water partition coefficient (Wildman–Crippen LogP) is 2.13. The molecule has 160 valence electrons. The molecule has 0 bridgehead atoms. The van der Waals surface area contributed by atoms with E-state index in [2.05, 4.69) is 83.5 Å². The Balaban J connectivity index is 1.43. The van der Waals surface area contributed by atoms with Crippen LogP contribution in [0.15, 0.2) is 65.8 Å². The Hall–Kier alpha value is -3.22. The van der Waals surface area contributed by atoms with Gasteiger partial charge in [0.1, 0.15) is 13.1 Å². The van der Waals surface area contributed by atoms with Crippen molar-refractivity contribution in [1.82, 2.24) is 9.99 Å². The first-order chi connectivity index (χ1) is 15.1. The lowest BCUT2D eigenvalue weighted by molar-refractivity contribution is -0.900. The molecule has 2 N–H and O–H groups in total. The molecule has 31 heavy (non-hydrogen) atoms. The quantitative estimate of drug-likeness (QED) is 0.477. The second-order valence-electron chi connectivity index (χ2n) is 7.91. The molecule has 6 nitrogen and oxygen atoms in total. The number of quaternary nitrogens is 1.